The molecule has 0 saturated carbocycles. The van der Waals surface area contributed by atoms with Gasteiger partial charge in [0.2, 0.25) is 0 Å². The van der Waals surface area contributed by atoms with Crippen LogP contribution in [0.25, 0.3) is 0 Å². The number of ether oxygens (including phenoxy) is 1. The lowest BCUT2D eigenvalue weighted by molar-refractivity contribution is -0.142. The first-order chi connectivity index (χ1) is 8.60. The molecule has 1 N–H and O–H groups in total. The summed E-state index contributed by atoms with van der Waals surface area (Å²) in [6.07, 6.45) is 1.73. The summed E-state index contributed by atoms with van der Waals surface area (Å²) in [7, 11) is 0. The van der Waals surface area contributed by atoms with Crippen LogP contribution in [-0.4, -0.2) is 18.1 Å². The molecule has 1 aliphatic heterocycles. The molecule has 0 aliphatic carbocycles. The first-order valence-corrected chi connectivity index (χ1v) is 7.11. The van der Waals surface area contributed by atoms with Crippen molar-refractivity contribution in [3.8, 4) is 0 Å². The molecular weight excluding hydrogens is 294 g/mol. The lowest BCUT2D eigenvalue weighted by Crippen LogP contribution is -2.36. The van der Waals surface area contributed by atoms with E-state index in [0.717, 1.165) is 17.3 Å². The summed E-state index contributed by atoms with van der Waals surface area (Å²) in [4.78, 5) is 11.6. The fourth-order valence-electron chi connectivity index (χ4n) is 2.28. The van der Waals surface area contributed by atoms with Gasteiger partial charge < -0.3 is 4.74 Å². The van der Waals surface area contributed by atoms with Crippen molar-refractivity contribution in [2.75, 3.05) is 0 Å². The van der Waals surface area contributed by atoms with E-state index >= 15 is 0 Å². The number of carbonyl (C=O) groups excluding carboxylic acids is 1. The van der Waals surface area contributed by atoms with Crippen molar-refractivity contribution >= 4 is 21.9 Å². The molecule has 18 heavy (non-hydrogen) atoms. The number of carbonyl (C=O) groups is 1. The second kappa shape index (κ2) is 5.85. The van der Waals surface area contributed by atoms with Gasteiger partial charge in [0.25, 0.3) is 0 Å². The zero-order valence-corrected chi connectivity index (χ0v) is 12.2. The van der Waals surface area contributed by atoms with Crippen LogP contribution >= 0.6 is 15.9 Å². The summed E-state index contributed by atoms with van der Waals surface area (Å²) in [6, 6.07) is 8.23. The van der Waals surface area contributed by atoms with E-state index in [1.807, 2.05) is 19.1 Å². The monoisotopic (exact) mass is 311 g/mol. The SMILES string of the molecule is CC[C@H](N[C@@H]1C[C@H](C)OC1=O)c1ccc(Br)cc1. The maximum atomic E-state index is 11.6. The number of nitrogens with one attached hydrogen (secondary N) is 1. The first-order valence-electron chi connectivity index (χ1n) is 6.32. The van der Waals surface area contributed by atoms with E-state index < -0.39 is 0 Å². The minimum atomic E-state index is -0.173. The van der Waals surface area contributed by atoms with Gasteiger partial charge in [-0.25, -0.2) is 0 Å². The number of hydrogen-bond acceptors (Lipinski definition) is 3. The molecule has 0 radical (unpaired) electrons. The number of hydrogen-bond donors (Lipinski definition) is 1. The number of halogens is 1. The van der Waals surface area contributed by atoms with Gasteiger partial charge in [0, 0.05) is 16.9 Å². The van der Waals surface area contributed by atoms with Gasteiger partial charge in [0.1, 0.15) is 12.1 Å². The molecule has 1 aromatic carbocycles. The Kier molecular flexibility index (Phi) is 4.40. The quantitative estimate of drug-likeness (QED) is 0.868. The smallest absolute Gasteiger partial charge is 0.323 e. The molecule has 3 atom stereocenters. The molecule has 4 heteroatoms. The Bertz CT molecular complexity index is 418. The van der Waals surface area contributed by atoms with Crippen molar-refractivity contribution in [3.63, 3.8) is 0 Å². The lowest BCUT2D eigenvalue weighted by Gasteiger charge is -2.20. The van der Waals surface area contributed by atoms with Gasteiger partial charge in [-0.15, -0.1) is 0 Å². The van der Waals surface area contributed by atoms with Gasteiger partial charge in [-0.2, -0.15) is 0 Å². The Morgan fingerprint density at radius 1 is 1.44 bits per heavy atom. The van der Waals surface area contributed by atoms with Crippen molar-refractivity contribution < 1.29 is 9.53 Å². The molecule has 1 aromatic rings. The summed E-state index contributed by atoms with van der Waals surface area (Å²) in [5.41, 5.74) is 1.20. The van der Waals surface area contributed by atoms with E-state index in [1.165, 1.54) is 5.56 Å². The third-order valence-electron chi connectivity index (χ3n) is 3.25. The van der Waals surface area contributed by atoms with Gasteiger partial charge in [-0.05, 0) is 31.0 Å². The summed E-state index contributed by atoms with van der Waals surface area (Å²) >= 11 is 3.43. The van der Waals surface area contributed by atoms with Crippen LogP contribution in [0.5, 0.6) is 0 Å². The predicted octanol–water partition coefficient (Wildman–Crippen LogP) is 3.19. The van der Waals surface area contributed by atoms with E-state index in [1.54, 1.807) is 0 Å². The van der Waals surface area contributed by atoms with E-state index in [-0.39, 0.29) is 24.2 Å². The summed E-state index contributed by atoms with van der Waals surface area (Å²) in [5, 5.41) is 3.39. The van der Waals surface area contributed by atoms with Crippen molar-refractivity contribution in [2.24, 2.45) is 0 Å². The van der Waals surface area contributed by atoms with Crippen molar-refractivity contribution in [3.05, 3.63) is 34.3 Å². The molecule has 1 fully saturated rings. The Balaban J connectivity index is 2.05. The molecule has 0 spiro atoms. The number of esters is 1. The van der Waals surface area contributed by atoms with Gasteiger partial charge in [-0.3, -0.25) is 10.1 Å². The van der Waals surface area contributed by atoms with Gasteiger partial charge in [-0.1, -0.05) is 35.0 Å². The molecule has 0 unspecified atom stereocenters. The third kappa shape index (κ3) is 3.12. The Morgan fingerprint density at radius 3 is 2.61 bits per heavy atom. The Hall–Kier alpha value is -0.870. The number of cyclic esters (lactones) is 1. The summed E-state index contributed by atoms with van der Waals surface area (Å²) in [5.74, 6) is -0.127. The van der Waals surface area contributed by atoms with Crippen molar-refractivity contribution in [2.45, 2.75) is 44.9 Å². The van der Waals surface area contributed by atoms with Crippen LogP contribution in [0.4, 0.5) is 0 Å². The minimum Gasteiger partial charge on any atom is -0.461 e. The van der Waals surface area contributed by atoms with Crippen LogP contribution in [-0.2, 0) is 9.53 Å². The zero-order valence-electron chi connectivity index (χ0n) is 10.7. The normalized spacial score (nSPS) is 24.9. The first kappa shape index (κ1) is 13.6. The summed E-state index contributed by atoms with van der Waals surface area (Å²) < 4.78 is 6.23. The highest BCUT2D eigenvalue weighted by Crippen LogP contribution is 2.23. The highest BCUT2D eigenvalue weighted by atomic mass is 79.9. The van der Waals surface area contributed by atoms with E-state index in [0.29, 0.717) is 0 Å². The van der Waals surface area contributed by atoms with E-state index in [2.05, 4.69) is 40.3 Å². The van der Waals surface area contributed by atoms with Crippen LogP contribution in [0, 0.1) is 0 Å². The second-order valence-electron chi connectivity index (χ2n) is 4.71. The molecule has 1 aliphatic rings. The molecule has 1 saturated heterocycles. The van der Waals surface area contributed by atoms with Gasteiger partial charge in [0.15, 0.2) is 0 Å². The molecule has 3 nitrogen and oxygen atoms in total. The molecule has 0 bridgehead atoms. The number of benzene rings is 1. The highest BCUT2D eigenvalue weighted by molar-refractivity contribution is 9.10. The van der Waals surface area contributed by atoms with Crippen molar-refractivity contribution in [1.82, 2.24) is 5.32 Å². The maximum absolute atomic E-state index is 11.6. The fraction of sp³-hybridized carbons (Fsp3) is 0.500. The molecule has 2 rings (SSSR count). The number of rotatable bonds is 4. The highest BCUT2D eigenvalue weighted by Gasteiger charge is 2.33. The van der Waals surface area contributed by atoms with Crippen LogP contribution in [0.3, 0.4) is 0 Å². The van der Waals surface area contributed by atoms with Gasteiger partial charge >= 0.3 is 5.97 Å². The fourth-order valence-corrected chi connectivity index (χ4v) is 2.54. The average Bonchev–Trinajstić information content (AvgIpc) is 2.66. The molecule has 0 amide bonds. The van der Waals surface area contributed by atoms with E-state index in [9.17, 15) is 4.79 Å². The molecular formula is C14H18BrNO2. The van der Waals surface area contributed by atoms with Crippen LogP contribution in [0.15, 0.2) is 28.7 Å². The molecule has 0 aromatic heterocycles. The van der Waals surface area contributed by atoms with Crippen LogP contribution in [0.1, 0.15) is 38.3 Å². The second-order valence-corrected chi connectivity index (χ2v) is 5.63. The maximum Gasteiger partial charge on any atom is 0.323 e. The van der Waals surface area contributed by atoms with Crippen molar-refractivity contribution in [1.29, 1.82) is 0 Å². The molecule has 98 valence electrons. The lowest BCUT2D eigenvalue weighted by atomic mass is 10.0. The largest absolute Gasteiger partial charge is 0.461 e. The van der Waals surface area contributed by atoms with E-state index in [4.69, 9.17) is 4.74 Å². The summed E-state index contributed by atoms with van der Waals surface area (Å²) in [6.45, 7) is 4.05. The van der Waals surface area contributed by atoms with Crippen LogP contribution < -0.4 is 5.32 Å². The average molecular weight is 312 g/mol. The standard InChI is InChI=1S/C14H18BrNO2/c1-3-12(10-4-6-11(15)7-5-10)16-13-8-9(2)18-14(13)17/h4-7,9,12-13,16H,3,8H2,1-2H3/t9-,12-,13+/m0/s1. The minimum absolute atomic E-state index is 0.0254. The topological polar surface area (TPSA) is 38.3 Å². The zero-order chi connectivity index (χ0) is 13.1. The van der Waals surface area contributed by atoms with Crippen LogP contribution in [0.2, 0.25) is 0 Å². The van der Waals surface area contributed by atoms with Gasteiger partial charge in [0.05, 0.1) is 0 Å². The predicted molar refractivity (Wildman–Crippen MR) is 74.3 cm³/mol. The Morgan fingerprint density at radius 2 is 2.11 bits per heavy atom. The Labute approximate surface area is 116 Å². The molecule has 1 heterocycles. The third-order valence-corrected chi connectivity index (χ3v) is 3.78.